The van der Waals surface area contributed by atoms with Crippen LogP contribution in [0.2, 0.25) is 0 Å². The van der Waals surface area contributed by atoms with Gasteiger partial charge in [0.25, 0.3) is 0 Å². The minimum atomic E-state index is -0.895. The summed E-state index contributed by atoms with van der Waals surface area (Å²) >= 11 is 0. The van der Waals surface area contributed by atoms with E-state index in [1.165, 1.54) is 4.90 Å². The standard InChI is InChI=1S/C15H17NO5/c1-16(14(17)10-6-11(10)15(18)19)7-9-8-20-12-4-2-3-5-13(12)21-9/h2-5,9-11H,6-8H2,1H3,(H,18,19)/t9-,10+,11-/m1/s1. The van der Waals surface area contributed by atoms with Gasteiger partial charge in [0, 0.05) is 7.05 Å². The highest BCUT2D eigenvalue weighted by Gasteiger charge is 2.49. The Morgan fingerprint density at radius 1 is 1.29 bits per heavy atom. The van der Waals surface area contributed by atoms with Gasteiger partial charge in [-0.25, -0.2) is 0 Å². The molecule has 0 spiro atoms. The van der Waals surface area contributed by atoms with E-state index >= 15 is 0 Å². The summed E-state index contributed by atoms with van der Waals surface area (Å²) in [5, 5.41) is 8.87. The molecule has 1 heterocycles. The van der Waals surface area contributed by atoms with Gasteiger partial charge in [0.05, 0.1) is 18.4 Å². The van der Waals surface area contributed by atoms with Crippen LogP contribution in [-0.4, -0.2) is 48.2 Å². The molecule has 1 aliphatic heterocycles. The Hall–Kier alpha value is -2.24. The van der Waals surface area contributed by atoms with Gasteiger partial charge in [-0.3, -0.25) is 9.59 Å². The first-order chi connectivity index (χ1) is 10.1. The monoisotopic (exact) mass is 291 g/mol. The Kier molecular flexibility index (Phi) is 3.45. The highest BCUT2D eigenvalue weighted by Crippen LogP contribution is 2.40. The lowest BCUT2D eigenvalue weighted by molar-refractivity contribution is -0.142. The zero-order chi connectivity index (χ0) is 15.0. The number of hydrogen-bond acceptors (Lipinski definition) is 4. The third kappa shape index (κ3) is 2.79. The summed E-state index contributed by atoms with van der Waals surface area (Å²) in [6.45, 7) is 0.762. The smallest absolute Gasteiger partial charge is 0.307 e. The summed E-state index contributed by atoms with van der Waals surface area (Å²) in [4.78, 5) is 24.5. The van der Waals surface area contributed by atoms with Crippen LogP contribution in [0.3, 0.4) is 0 Å². The molecule has 1 N–H and O–H groups in total. The Morgan fingerprint density at radius 3 is 2.67 bits per heavy atom. The van der Waals surface area contributed by atoms with Crippen molar-refractivity contribution in [2.24, 2.45) is 11.8 Å². The summed E-state index contributed by atoms with van der Waals surface area (Å²) in [5.74, 6) is -0.563. The topological polar surface area (TPSA) is 76.1 Å². The van der Waals surface area contributed by atoms with Crippen molar-refractivity contribution in [1.29, 1.82) is 0 Å². The lowest BCUT2D eigenvalue weighted by Crippen LogP contribution is -2.42. The minimum absolute atomic E-state index is 0.134. The molecule has 1 aliphatic carbocycles. The molecular weight excluding hydrogens is 274 g/mol. The van der Waals surface area contributed by atoms with Crippen LogP contribution in [0.4, 0.5) is 0 Å². The van der Waals surface area contributed by atoms with Crippen molar-refractivity contribution in [2.45, 2.75) is 12.5 Å². The summed E-state index contributed by atoms with van der Waals surface area (Å²) in [7, 11) is 1.67. The molecule has 1 saturated carbocycles. The number of amides is 1. The van der Waals surface area contributed by atoms with Crippen molar-refractivity contribution in [1.82, 2.24) is 4.90 Å². The van der Waals surface area contributed by atoms with Crippen molar-refractivity contribution in [3.63, 3.8) is 0 Å². The predicted molar refractivity (Wildman–Crippen MR) is 73.2 cm³/mol. The largest absolute Gasteiger partial charge is 0.486 e. The number of para-hydroxylation sites is 2. The zero-order valence-corrected chi connectivity index (χ0v) is 11.7. The lowest BCUT2D eigenvalue weighted by Gasteiger charge is -2.29. The molecule has 6 heteroatoms. The molecule has 0 saturated heterocycles. The van der Waals surface area contributed by atoms with Gasteiger partial charge in [0.2, 0.25) is 5.91 Å². The zero-order valence-electron chi connectivity index (χ0n) is 11.7. The second kappa shape index (κ2) is 5.27. The van der Waals surface area contributed by atoms with Crippen LogP contribution < -0.4 is 9.47 Å². The van der Waals surface area contributed by atoms with Gasteiger partial charge >= 0.3 is 5.97 Å². The Morgan fingerprint density at radius 2 is 2.00 bits per heavy atom. The maximum absolute atomic E-state index is 12.1. The number of hydrogen-bond donors (Lipinski definition) is 1. The Labute approximate surface area is 122 Å². The molecule has 3 atom stereocenters. The molecule has 1 aromatic rings. The van der Waals surface area contributed by atoms with Crippen LogP contribution in [-0.2, 0) is 9.59 Å². The average molecular weight is 291 g/mol. The molecule has 2 aliphatic rings. The molecule has 112 valence electrons. The fraction of sp³-hybridized carbons (Fsp3) is 0.467. The fourth-order valence-electron chi connectivity index (χ4n) is 2.57. The number of rotatable bonds is 4. The van der Waals surface area contributed by atoms with Gasteiger partial charge < -0.3 is 19.5 Å². The highest BCUT2D eigenvalue weighted by atomic mass is 16.6. The predicted octanol–water partition coefficient (Wildman–Crippen LogP) is 1.01. The fourth-order valence-corrected chi connectivity index (χ4v) is 2.57. The first-order valence-corrected chi connectivity index (χ1v) is 6.92. The SMILES string of the molecule is CN(C[C@@H]1COc2ccccc2O1)C(=O)[C@H]1C[C@H]1C(=O)O. The maximum Gasteiger partial charge on any atom is 0.307 e. The van der Waals surface area contributed by atoms with Crippen molar-refractivity contribution in [2.75, 3.05) is 20.2 Å². The lowest BCUT2D eigenvalue weighted by atomic mass is 10.2. The second-order valence-electron chi connectivity index (χ2n) is 5.50. The first kappa shape index (κ1) is 13.7. The number of carboxylic acid groups (broad SMARTS) is 1. The third-order valence-corrected chi connectivity index (χ3v) is 3.85. The normalized spacial score (nSPS) is 26.0. The summed E-state index contributed by atoms with van der Waals surface area (Å²) in [5.41, 5.74) is 0. The quantitative estimate of drug-likeness (QED) is 0.896. The second-order valence-corrected chi connectivity index (χ2v) is 5.50. The third-order valence-electron chi connectivity index (χ3n) is 3.85. The molecule has 6 nitrogen and oxygen atoms in total. The van der Waals surface area contributed by atoms with Gasteiger partial charge in [-0.2, -0.15) is 0 Å². The Balaban J connectivity index is 1.56. The number of carbonyl (C=O) groups excluding carboxylic acids is 1. The average Bonchev–Trinajstić information content (AvgIpc) is 3.27. The van der Waals surface area contributed by atoms with Crippen LogP contribution in [0.1, 0.15) is 6.42 Å². The molecule has 3 rings (SSSR count). The van der Waals surface area contributed by atoms with Gasteiger partial charge in [0.15, 0.2) is 17.6 Å². The number of nitrogens with zero attached hydrogens (tertiary/aromatic N) is 1. The maximum atomic E-state index is 12.1. The summed E-state index contributed by atoms with van der Waals surface area (Å²) in [6.07, 6.45) is 0.194. The first-order valence-electron chi connectivity index (χ1n) is 6.92. The van der Waals surface area contributed by atoms with E-state index in [2.05, 4.69) is 0 Å². The molecule has 1 amide bonds. The molecule has 1 fully saturated rings. The van der Waals surface area contributed by atoms with Crippen molar-refractivity contribution in [3.05, 3.63) is 24.3 Å². The van der Waals surface area contributed by atoms with E-state index < -0.39 is 11.9 Å². The van der Waals surface area contributed by atoms with Crippen LogP contribution in [0, 0.1) is 11.8 Å². The van der Waals surface area contributed by atoms with E-state index in [0.29, 0.717) is 31.1 Å². The van der Waals surface area contributed by atoms with Gasteiger partial charge in [-0.1, -0.05) is 12.1 Å². The Bertz CT molecular complexity index is 573. The number of carbonyl (C=O) groups is 2. The van der Waals surface area contributed by atoms with E-state index in [9.17, 15) is 9.59 Å². The minimum Gasteiger partial charge on any atom is -0.486 e. The molecule has 1 aromatic carbocycles. The van der Waals surface area contributed by atoms with Crippen LogP contribution in [0.25, 0.3) is 0 Å². The van der Waals surface area contributed by atoms with Crippen LogP contribution in [0.5, 0.6) is 11.5 Å². The number of benzene rings is 1. The van der Waals surface area contributed by atoms with Crippen molar-refractivity contribution >= 4 is 11.9 Å². The molecular formula is C15H17NO5. The number of carboxylic acids is 1. The van der Waals surface area contributed by atoms with Gasteiger partial charge in [-0.05, 0) is 18.6 Å². The highest BCUT2D eigenvalue weighted by molar-refractivity contribution is 5.89. The van der Waals surface area contributed by atoms with E-state index in [4.69, 9.17) is 14.6 Å². The summed E-state index contributed by atoms with van der Waals surface area (Å²) < 4.78 is 11.4. The van der Waals surface area contributed by atoms with Crippen LogP contribution in [0.15, 0.2) is 24.3 Å². The molecule has 21 heavy (non-hydrogen) atoms. The van der Waals surface area contributed by atoms with E-state index in [0.717, 1.165) is 0 Å². The number of fused-ring (bicyclic) bond motifs is 1. The van der Waals surface area contributed by atoms with E-state index in [1.54, 1.807) is 7.05 Å². The number of aliphatic carboxylic acids is 1. The van der Waals surface area contributed by atoms with E-state index in [-0.39, 0.29) is 17.9 Å². The van der Waals surface area contributed by atoms with Crippen molar-refractivity contribution < 1.29 is 24.2 Å². The summed E-state index contributed by atoms with van der Waals surface area (Å²) in [6, 6.07) is 7.39. The molecule has 0 unspecified atom stereocenters. The molecule has 0 aromatic heterocycles. The van der Waals surface area contributed by atoms with Crippen molar-refractivity contribution in [3.8, 4) is 11.5 Å². The van der Waals surface area contributed by atoms with Gasteiger partial charge in [0.1, 0.15) is 6.61 Å². The van der Waals surface area contributed by atoms with Crippen LogP contribution >= 0.6 is 0 Å². The number of likely N-dealkylation sites (N-methyl/N-ethyl adjacent to an activating group) is 1. The van der Waals surface area contributed by atoms with E-state index in [1.807, 2.05) is 24.3 Å². The number of ether oxygens (including phenoxy) is 2. The van der Waals surface area contributed by atoms with Gasteiger partial charge in [-0.15, -0.1) is 0 Å². The molecule has 0 bridgehead atoms. The molecule has 0 radical (unpaired) electrons.